The Morgan fingerprint density at radius 2 is 1.63 bits per heavy atom. The molecule has 4 heteroatoms. The topological polar surface area (TPSA) is 41.1 Å². The monoisotopic (exact) mass is 326 g/mol. The first-order valence-electron chi connectivity index (χ1n) is 6.42. The van der Waals surface area contributed by atoms with Gasteiger partial charge in [-0.2, -0.15) is 0 Å². The average molecular weight is 327 g/mol. The molecule has 0 aromatic heterocycles. The maximum atomic E-state index is 12.0. The molecule has 1 aromatic carbocycles. The third-order valence-corrected chi connectivity index (χ3v) is 3.33. The lowest BCUT2D eigenvalue weighted by Crippen LogP contribution is -2.48. The maximum Gasteiger partial charge on any atom is 0.234 e. The lowest BCUT2D eigenvalue weighted by Gasteiger charge is -2.28. The van der Waals surface area contributed by atoms with Crippen molar-refractivity contribution in [3.05, 3.63) is 34.3 Å². The van der Waals surface area contributed by atoms with Crippen LogP contribution < -0.4 is 10.6 Å². The Kier molecular flexibility index (Phi) is 5.16. The van der Waals surface area contributed by atoms with Crippen molar-refractivity contribution in [2.75, 3.05) is 6.54 Å². The van der Waals surface area contributed by atoms with Crippen LogP contribution in [-0.4, -0.2) is 18.0 Å². The van der Waals surface area contributed by atoms with Crippen molar-refractivity contribution < 1.29 is 4.79 Å². The molecular weight excluding hydrogens is 304 g/mol. The summed E-state index contributed by atoms with van der Waals surface area (Å²) in [5.74, 6) is 0.00263. The van der Waals surface area contributed by atoms with Crippen LogP contribution in [0, 0.1) is 0 Å². The highest BCUT2D eigenvalue weighted by Crippen LogP contribution is 2.21. The maximum absolute atomic E-state index is 12.0. The van der Waals surface area contributed by atoms with Crippen LogP contribution in [0.2, 0.25) is 0 Å². The van der Waals surface area contributed by atoms with Gasteiger partial charge < -0.3 is 10.6 Å². The summed E-state index contributed by atoms with van der Waals surface area (Å²) < 4.78 is 1.03. The fourth-order valence-electron chi connectivity index (χ4n) is 1.68. The molecule has 0 aliphatic rings. The summed E-state index contributed by atoms with van der Waals surface area (Å²) >= 11 is 3.41. The van der Waals surface area contributed by atoms with Gasteiger partial charge in [-0.3, -0.25) is 4.79 Å². The number of hydrogen-bond acceptors (Lipinski definition) is 2. The summed E-state index contributed by atoms with van der Waals surface area (Å²) in [6.07, 6.45) is 0. The summed E-state index contributed by atoms with van der Waals surface area (Å²) in [5.41, 5.74) is 0.649. The molecule has 1 aromatic rings. The second-order valence-electron chi connectivity index (χ2n) is 6.28. The number of hydrogen-bond donors (Lipinski definition) is 2. The molecule has 0 atom stereocenters. The van der Waals surface area contributed by atoms with Crippen LogP contribution in [0.4, 0.5) is 0 Å². The fourth-order valence-corrected chi connectivity index (χ4v) is 1.94. The van der Waals surface area contributed by atoms with Crippen LogP contribution in [0.5, 0.6) is 0 Å². The summed E-state index contributed by atoms with van der Waals surface area (Å²) in [7, 11) is 0. The van der Waals surface area contributed by atoms with E-state index in [0.29, 0.717) is 6.54 Å². The predicted molar refractivity (Wildman–Crippen MR) is 83.1 cm³/mol. The van der Waals surface area contributed by atoms with Gasteiger partial charge in [-0.1, -0.05) is 28.1 Å². The fraction of sp³-hybridized carbons (Fsp3) is 0.533. The molecule has 1 rings (SSSR count). The molecule has 0 heterocycles. The third kappa shape index (κ3) is 5.74. The lowest BCUT2D eigenvalue weighted by atomic mass is 9.94. The zero-order valence-corrected chi connectivity index (χ0v) is 13.9. The largest absolute Gasteiger partial charge is 0.346 e. The van der Waals surface area contributed by atoms with Crippen LogP contribution in [0.25, 0.3) is 0 Å². The number of carbonyl (C=O) groups is 1. The van der Waals surface area contributed by atoms with Gasteiger partial charge in [0, 0.05) is 10.0 Å². The first-order chi connectivity index (χ1) is 8.60. The molecule has 106 valence electrons. The van der Waals surface area contributed by atoms with Gasteiger partial charge in [-0.25, -0.2) is 0 Å². The first kappa shape index (κ1) is 16.2. The highest BCUT2D eigenvalue weighted by molar-refractivity contribution is 9.10. The number of rotatable bonds is 4. The molecule has 0 unspecified atom stereocenters. The average Bonchev–Trinajstić information content (AvgIpc) is 2.25. The van der Waals surface area contributed by atoms with E-state index in [-0.39, 0.29) is 17.0 Å². The number of nitrogens with one attached hydrogen (secondary N) is 2. The van der Waals surface area contributed by atoms with Gasteiger partial charge in [0.05, 0.1) is 12.1 Å². The van der Waals surface area contributed by atoms with Gasteiger partial charge in [-0.15, -0.1) is 0 Å². The SMILES string of the molecule is CC(C)(C)NCC(=O)NC(C)(C)c1ccc(Br)cc1. The molecule has 0 fully saturated rings. The van der Waals surface area contributed by atoms with E-state index >= 15 is 0 Å². The van der Waals surface area contributed by atoms with E-state index in [2.05, 4.69) is 26.6 Å². The van der Waals surface area contributed by atoms with Crippen molar-refractivity contribution in [2.24, 2.45) is 0 Å². The van der Waals surface area contributed by atoms with Gasteiger partial charge in [-0.05, 0) is 52.3 Å². The van der Waals surface area contributed by atoms with Crippen molar-refractivity contribution in [2.45, 2.75) is 45.7 Å². The molecule has 0 spiro atoms. The van der Waals surface area contributed by atoms with Gasteiger partial charge in [0.2, 0.25) is 5.91 Å². The minimum Gasteiger partial charge on any atom is -0.346 e. The molecule has 0 saturated carbocycles. The Hall–Kier alpha value is -0.870. The molecule has 0 bridgehead atoms. The van der Waals surface area contributed by atoms with Crippen molar-refractivity contribution in [3.8, 4) is 0 Å². The van der Waals surface area contributed by atoms with Gasteiger partial charge in [0.15, 0.2) is 0 Å². The van der Waals surface area contributed by atoms with Gasteiger partial charge in [0.1, 0.15) is 0 Å². The van der Waals surface area contributed by atoms with E-state index in [1.807, 2.05) is 58.9 Å². The number of carbonyl (C=O) groups excluding carboxylic acids is 1. The summed E-state index contributed by atoms with van der Waals surface area (Å²) in [6, 6.07) is 8.00. The molecular formula is C15H23BrN2O. The summed E-state index contributed by atoms with van der Waals surface area (Å²) in [6.45, 7) is 10.5. The molecule has 0 aliphatic heterocycles. The van der Waals surface area contributed by atoms with E-state index in [1.165, 1.54) is 0 Å². The third-order valence-electron chi connectivity index (χ3n) is 2.80. The predicted octanol–water partition coefficient (Wildman–Crippen LogP) is 3.19. The summed E-state index contributed by atoms with van der Waals surface area (Å²) in [4.78, 5) is 12.0. The van der Waals surface area contributed by atoms with E-state index in [1.54, 1.807) is 0 Å². The van der Waals surface area contributed by atoms with Gasteiger partial charge in [0.25, 0.3) is 0 Å². The molecule has 2 N–H and O–H groups in total. The van der Waals surface area contributed by atoms with E-state index < -0.39 is 0 Å². The van der Waals surface area contributed by atoms with Gasteiger partial charge >= 0.3 is 0 Å². The molecule has 0 radical (unpaired) electrons. The Balaban J connectivity index is 2.64. The molecule has 0 saturated heterocycles. The van der Waals surface area contributed by atoms with Crippen molar-refractivity contribution in [1.29, 1.82) is 0 Å². The van der Waals surface area contributed by atoms with Crippen LogP contribution in [0.1, 0.15) is 40.2 Å². The van der Waals surface area contributed by atoms with Crippen molar-refractivity contribution in [3.63, 3.8) is 0 Å². The Morgan fingerprint density at radius 1 is 1.11 bits per heavy atom. The molecule has 19 heavy (non-hydrogen) atoms. The highest BCUT2D eigenvalue weighted by atomic mass is 79.9. The molecule has 3 nitrogen and oxygen atoms in total. The van der Waals surface area contributed by atoms with Crippen LogP contribution >= 0.6 is 15.9 Å². The zero-order valence-electron chi connectivity index (χ0n) is 12.3. The minimum absolute atomic E-state index is 0.00263. The standard InChI is InChI=1S/C15H23BrN2O/c1-14(2,3)17-10-13(19)18-15(4,5)11-6-8-12(16)9-7-11/h6-9,17H,10H2,1-5H3,(H,18,19). The number of benzene rings is 1. The van der Waals surface area contributed by atoms with Crippen LogP contribution in [0.15, 0.2) is 28.7 Å². The number of amides is 1. The minimum atomic E-state index is -0.378. The number of halogens is 1. The van der Waals surface area contributed by atoms with E-state index in [4.69, 9.17) is 0 Å². The Morgan fingerprint density at radius 3 is 2.11 bits per heavy atom. The lowest BCUT2D eigenvalue weighted by molar-refractivity contribution is -0.122. The van der Waals surface area contributed by atoms with Crippen molar-refractivity contribution >= 4 is 21.8 Å². The van der Waals surface area contributed by atoms with E-state index in [9.17, 15) is 4.79 Å². The zero-order chi connectivity index (χ0) is 14.7. The molecule has 0 aliphatic carbocycles. The van der Waals surface area contributed by atoms with Crippen LogP contribution in [0.3, 0.4) is 0 Å². The second kappa shape index (κ2) is 6.06. The van der Waals surface area contributed by atoms with E-state index in [0.717, 1.165) is 10.0 Å². The highest BCUT2D eigenvalue weighted by Gasteiger charge is 2.23. The summed E-state index contributed by atoms with van der Waals surface area (Å²) in [5, 5.41) is 6.23. The second-order valence-corrected chi connectivity index (χ2v) is 7.20. The van der Waals surface area contributed by atoms with Crippen LogP contribution in [-0.2, 0) is 10.3 Å². The quantitative estimate of drug-likeness (QED) is 0.892. The Labute approximate surface area is 124 Å². The van der Waals surface area contributed by atoms with Crippen molar-refractivity contribution in [1.82, 2.24) is 10.6 Å². The normalized spacial score (nSPS) is 12.3. The smallest absolute Gasteiger partial charge is 0.234 e. The Bertz CT molecular complexity index is 432. The first-order valence-corrected chi connectivity index (χ1v) is 7.21. The molecule has 1 amide bonds.